The van der Waals surface area contributed by atoms with Crippen LogP contribution >= 0.6 is 11.6 Å². The van der Waals surface area contributed by atoms with E-state index in [-0.39, 0.29) is 25.0 Å². The Kier molecular flexibility index (Phi) is 6.51. The van der Waals surface area contributed by atoms with Gasteiger partial charge in [-0.25, -0.2) is 4.79 Å². The summed E-state index contributed by atoms with van der Waals surface area (Å²) in [5.74, 6) is 0.708. The highest BCUT2D eigenvalue weighted by atomic mass is 35.5. The first-order chi connectivity index (χ1) is 17.0. The van der Waals surface area contributed by atoms with Crippen LogP contribution in [0, 0.1) is 0 Å². The van der Waals surface area contributed by atoms with Crippen molar-refractivity contribution in [2.75, 3.05) is 36.5 Å². The smallest absolute Gasteiger partial charge is 0.330 e. The second kappa shape index (κ2) is 9.88. The fraction of sp³-hybridized carbons (Fsp3) is 0.259. The minimum absolute atomic E-state index is 0.143. The van der Waals surface area contributed by atoms with Gasteiger partial charge in [0.25, 0.3) is 0 Å². The molecule has 2 unspecified atom stereocenters. The number of amides is 1. The molecule has 5 rings (SSSR count). The van der Waals surface area contributed by atoms with Crippen molar-refractivity contribution in [3.63, 3.8) is 0 Å². The number of rotatable bonds is 4. The van der Waals surface area contributed by atoms with Crippen LogP contribution in [0.15, 0.2) is 72.8 Å². The third kappa shape index (κ3) is 4.64. The number of piperazine rings is 1. The first kappa shape index (κ1) is 23.1. The monoisotopic (exact) mass is 491 g/mol. The van der Waals surface area contributed by atoms with Crippen molar-refractivity contribution in [1.82, 2.24) is 4.90 Å². The Hall–Kier alpha value is -3.71. The van der Waals surface area contributed by atoms with Crippen LogP contribution < -0.4 is 15.0 Å². The molecule has 1 N–H and O–H groups in total. The molecule has 2 aliphatic rings. The van der Waals surface area contributed by atoms with Crippen molar-refractivity contribution in [2.45, 2.75) is 19.0 Å². The number of ether oxygens (including phenoxy) is 2. The lowest BCUT2D eigenvalue weighted by atomic mass is 10.0. The fourth-order valence-corrected chi connectivity index (χ4v) is 4.77. The third-order valence-electron chi connectivity index (χ3n) is 6.28. The third-order valence-corrected chi connectivity index (χ3v) is 6.51. The molecule has 0 spiro atoms. The normalized spacial score (nSPS) is 18.9. The van der Waals surface area contributed by atoms with Crippen LogP contribution in [0.4, 0.5) is 11.4 Å². The Bertz CT molecular complexity index is 1240. The number of esters is 1. The van der Waals surface area contributed by atoms with E-state index in [9.17, 15) is 9.59 Å². The number of fused-ring (bicyclic) bond motifs is 2. The molecule has 1 fully saturated rings. The van der Waals surface area contributed by atoms with E-state index in [4.69, 9.17) is 21.1 Å². The number of carbonyl (C=O) groups is 2. The van der Waals surface area contributed by atoms with E-state index in [1.165, 1.54) is 0 Å². The van der Waals surface area contributed by atoms with Gasteiger partial charge in [0.05, 0.1) is 18.8 Å². The molecule has 7 nitrogen and oxygen atoms in total. The Balaban J connectivity index is 1.45. The lowest BCUT2D eigenvalue weighted by Crippen LogP contribution is -2.59. The minimum atomic E-state index is -0.697. The number of hydrogen-bond acceptors (Lipinski definition) is 6. The standard InChI is InChI=1S/C27H26ClN3O4/c1-2-34-27(33)22-17-30(14-15-31(22)19-8-4-3-5-9-19)26(32)25-20-10-6-7-11-23(20)35-24-13-12-18(28)16-21(24)29-25/h3-13,16,22,25,29H,2,14-15,17H2,1H3. The SMILES string of the molecule is CCOC(=O)C1CN(C(=O)C2Nc3cc(Cl)ccc3Oc3ccccc32)CCN1c1ccccc1. The molecule has 3 aromatic rings. The first-order valence-corrected chi connectivity index (χ1v) is 12.0. The number of hydrogen-bond donors (Lipinski definition) is 1. The van der Waals surface area contributed by atoms with Gasteiger partial charge in [-0.1, -0.05) is 48.0 Å². The molecule has 35 heavy (non-hydrogen) atoms. The predicted octanol–water partition coefficient (Wildman–Crippen LogP) is 4.88. The van der Waals surface area contributed by atoms with Gasteiger partial charge < -0.3 is 24.6 Å². The van der Waals surface area contributed by atoms with E-state index in [0.717, 1.165) is 11.3 Å². The van der Waals surface area contributed by atoms with Crippen LogP contribution in [0.5, 0.6) is 11.5 Å². The molecule has 0 bridgehead atoms. The largest absolute Gasteiger partial charge is 0.464 e. The topological polar surface area (TPSA) is 71.1 Å². The molecule has 1 saturated heterocycles. The average molecular weight is 492 g/mol. The summed E-state index contributed by atoms with van der Waals surface area (Å²) in [6.45, 7) is 3.25. The molecule has 2 heterocycles. The van der Waals surface area contributed by atoms with Gasteiger partial charge >= 0.3 is 5.97 Å². The lowest BCUT2D eigenvalue weighted by Gasteiger charge is -2.42. The molecular formula is C27H26ClN3O4. The van der Waals surface area contributed by atoms with Gasteiger partial charge in [0.15, 0.2) is 5.75 Å². The quantitative estimate of drug-likeness (QED) is 0.524. The Labute approximate surface area is 209 Å². The maximum atomic E-state index is 13.9. The maximum Gasteiger partial charge on any atom is 0.330 e. The first-order valence-electron chi connectivity index (χ1n) is 11.6. The Morgan fingerprint density at radius 2 is 1.80 bits per heavy atom. The van der Waals surface area contributed by atoms with Gasteiger partial charge in [-0.15, -0.1) is 0 Å². The van der Waals surface area contributed by atoms with Gasteiger partial charge in [0.1, 0.15) is 17.8 Å². The summed E-state index contributed by atoms with van der Waals surface area (Å²) in [4.78, 5) is 30.6. The molecule has 0 saturated carbocycles. The summed E-state index contributed by atoms with van der Waals surface area (Å²) >= 11 is 6.23. The number of halogens is 1. The van der Waals surface area contributed by atoms with Crippen molar-refractivity contribution < 1.29 is 19.1 Å². The van der Waals surface area contributed by atoms with Crippen LogP contribution in [-0.4, -0.2) is 49.1 Å². The van der Waals surface area contributed by atoms with E-state index in [2.05, 4.69) is 5.32 Å². The summed E-state index contributed by atoms with van der Waals surface area (Å²) < 4.78 is 11.5. The number of anilines is 2. The number of carbonyl (C=O) groups excluding carboxylic acids is 2. The highest BCUT2D eigenvalue weighted by molar-refractivity contribution is 6.31. The number of para-hydroxylation sites is 2. The Morgan fingerprint density at radius 3 is 2.60 bits per heavy atom. The van der Waals surface area contributed by atoms with Gasteiger partial charge in [0, 0.05) is 29.4 Å². The van der Waals surface area contributed by atoms with Gasteiger partial charge in [0.2, 0.25) is 5.91 Å². The van der Waals surface area contributed by atoms with Crippen LogP contribution in [0.25, 0.3) is 0 Å². The van der Waals surface area contributed by atoms with E-state index in [1.54, 1.807) is 30.0 Å². The Morgan fingerprint density at radius 1 is 1.03 bits per heavy atom. The van der Waals surface area contributed by atoms with E-state index in [1.807, 2.05) is 59.5 Å². The van der Waals surface area contributed by atoms with E-state index < -0.39 is 12.1 Å². The molecule has 8 heteroatoms. The van der Waals surface area contributed by atoms with Gasteiger partial charge in [-0.2, -0.15) is 0 Å². The van der Waals surface area contributed by atoms with E-state index >= 15 is 0 Å². The molecule has 2 aliphatic heterocycles. The zero-order valence-electron chi connectivity index (χ0n) is 19.3. The van der Waals surface area contributed by atoms with Crippen molar-refractivity contribution in [3.8, 4) is 11.5 Å². The van der Waals surface area contributed by atoms with Crippen molar-refractivity contribution in [2.24, 2.45) is 0 Å². The van der Waals surface area contributed by atoms with Crippen LogP contribution in [0.1, 0.15) is 18.5 Å². The molecule has 2 atom stereocenters. The van der Waals surface area contributed by atoms with E-state index in [0.29, 0.717) is 35.3 Å². The molecule has 1 amide bonds. The zero-order valence-corrected chi connectivity index (χ0v) is 20.1. The molecule has 0 aliphatic carbocycles. The summed E-state index contributed by atoms with van der Waals surface area (Å²) in [6, 6.07) is 21.2. The molecule has 180 valence electrons. The molecule has 0 aromatic heterocycles. The number of nitrogens with zero attached hydrogens (tertiary/aromatic N) is 2. The van der Waals surface area contributed by atoms with Crippen LogP contribution in [0.2, 0.25) is 5.02 Å². The number of nitrogens with one attached hydrogen (secondary N) is 1. The van der Waals surface area contributed by atoms with Crippen LogP contribution in [0.3, 0.4) is 0 Å². The van der Waals surface area contributed by atoms with Crippen molar-refractivity contribution in [3.05, 3.63) is 83.4 Å². The van der Waals surface area contributed by atoms with Gasteiger partial charge in [-0.05, 0) is 43.3 Å². The number of benzene rings is 3. The molecule has 0 radical (unpaired) electrons. The van der Waals surface area contributed by atoms with Crippen molar-refractivity contribution >= 4 is 34.9 Å². The highest BCUT2D eigenvalue weighted by Gasteiger charge is 2.39. The summed E-state index contributed by atoms with van der Waals surface area (Å²) in [6.07, 6.45) is 0. The fourth-order valence-electron chi connectivity index (χ4n) is 4.60. The second-order valence-electron chi connectivity index (χ2n) is 8.44. The average Bonchev–Trinajstić information content (AvgIpc) is 3.05. The lowest BCUT2D eigenvalue weighted by molar-refractivity contribution is -0.147. The summed E-state index contributed by atoms with van der Waals surface area (Å²) in [5, 5.41) is 3.87. The predicted molar refractivity (Wildman–Crippen MR) is 135 cm³/mol. The van der Waals surface area contributed by atoms with Crippen molar-refractivity contribution in [1.29, 1.82) is 0 Å². The second-order valence-corrected chi connectivity index (χ2v) is 8.88. The van der Waals surface area contributed by atoms with Gasteiger partial charge in [-0.3, -0.25) is 4.79 Å². The zero-order chi connectivity index (χ0) is 24.4. The minimum Gasteiger partial charge on any atom is -0.464 e. The maximum absolute atomic E-state index is 13.9. The highest BCUT2D eigenvalue weighted by Crippen LogP contribution is 2.41. The molecular weight excluding hydrogens is 466 g/mol. The summed E-state index contributed by atoms with van der Waals surface area (Å²) in [7, 11) is 0. The molecule has 3 aromatic carbocycles. The van der Waals surface area contributed by atoms with Crippen LogP contribution in [-0.2, 0) is 14.3 Å². The summed E-state index contributed by atoms with van der Waals surface area (Å²) in [5.41, 5.74) is 2.28.